The zero-order valence-electron chi connectivity index (χ0n) is 31.0. The van der Waals surface area contributed by atoms with Crippen molar-refractivity contribution in [2.75, 3.05) is 4.90 Å². The average molecular weight is 746 g/mol. The Kier molecular flexibility index (Phi) is 8.04. The van der Waals surface area contributed by atoms with Crippen molar-refractivity contribution in [3.05, 3.63) is 212 Å². The fourth-order valence-electron chi connectivity index (χ4n) is 8.50. The van der Waals surface area contributed by atoms with Gasteiger partial charge in [-0.15, -0.1) is 11.3 Å². The Bertz CT molecular complexity index is 3250. The van der Waals surface area contributed by atoms with E-state index in [2.05, 4.69) is 211 Å². The average Bonchev–Trinajstić information content (AvgIpc) is 3.86. The second kappa shape index (κ2) is 13.8. The van der Waals surface area contributed by atoms with E-state index in [0.29, 0.717) is 0 Å². The summed E-state index contributed by atoms with van der Waals surface area (Å²) in [5.74, 6) is 0. The molecule has 0 saturated heterocycles. The minimum atomic E-state index is 0.863. The smallest absolute Gasteiger partial charge is 0.137 e. The normalized spacial score (nSPS) is 11.5. The number of furan rings is 1. The number of nitrogens with zero attached hydrogens (tertiary/aromatic N) is 1. The van der Waals surface area contributed by atoms with Crippen LogP contribution in [-0.4, -0.2) is 0 Å². The van der Waals surface area contributed by atoms with Gasteiger partial charge in [0.2, 0.25) is 0 Å². The summed E-state index contributed by atoms with van der Waals surface area (Å²) in [6, 6.07) is 76.4. The molecule has 9 aromatic carbocycles. The number of anilines is 3. The SMILES string of the molecule is c1ccc(-c2ccccc2-c2ccccc2-c2ccccc2N(c2ccc(-c3ccc4c(c3)sc3ccccc34)cc2)c2cccc3oc4ccccc4c23)cc1. The molecule has 0 saturated carbocycles. The molecule has 0 aliphatic carbocycles. The van der Waals surface area contributed by atoms with Crippen LogP contribution in [0.25, 0.3) is 86.6 Å². The molecule has 2 nitrogen and oxygen atoms in total. The first kappa shape index (κ1) is 33.2. The lowest BCUT2D eigenvalue weighted by atomic mass is 9.88. The van der Waals surface area contributed by atoms with Gasteiger partial charge in [0.05, 0.1) is 16.8 Å². The van der Waals surface area contributed by atoms with E-state index < -0.39 is 0 Å². The highest BCUT2D eigenvalue weighted by Crippen LogP contribution is 2.48. The third-order valence-corrected chi connectivity index (χ3v) is 12.3. The van der Waals surface area contributed by atoms with Crippen molar-refractivity contribution < 1.29 is 4.42 Å². The summed E-state index contributed by atoms with van der Waals surface area (Å²) in [7, 11) is 0. The predicted molar refractivity (Wildman–Crippen MR) is 243 cm³/mol. The molecule has 0 atom stereocenters. The van der Waals surface area contributed by atoms with Gasteiger partial charge in [-0.3, -0.25) is 0 Å². The first-order chi connectivity index (χ1) is 28.3. The molecule has 268 valence electrons. The van der Waals surface area contributed by atoms with Crippen molar-refractivity contribution >= 4 is 70.5 Å². The Labute approximate surface area is 335 Å². The predicted octanol–water partition coefficient (Wildman–Crippen LogP) is 16.1. The van der Waals surface area contributed by atoms with E-state index in [1.807, 2.05) is 17.4 Å². The van der Waals surface area contributed by atoms with Gasteiger partial charge in [0.15, 0.2) is 0 Å². The molecular weight excluding hydrogens is 711 g/mol. The highest BCUT2D eigenvalue weighted by molar-refractivity contribution is 7.25. The minimum absolute atomic E-state index is 0.863. The largest absolute Gasteiger partial charge is 0.456 e. The number of thiophene rings is 1. The first-order valence-corrected chi connectivity index (χ1v) is 20.2. The van der Waals surface area contributed by atoms with Gasteiger partial charge in [0.1, 0.15) is 11.2 Å². The molecule has 0 N–H and O–H groups in total. The van der Waals surface area contributed by atoms with Gasteiger partial charge in [-0.2, -0.15) is 0 Å². The maximum atomic E-state index is 6.47. The van der Waals surface area contributed by atoms with Crippen molar-refractivity contribution in [3.63, 3.8) is 0 Å². The van der Waals surface area contributed by atoms with Crippen LogP contribution in [0.4, 0.5) is 17.1 Å². The van der Waals surface area contributed by atoms with Gasteiger partial charge in [-0.25, -0.2) is 0 Å². The molecule has 0 aliphatic rings. The van der Waals surface area contributed by atoms with Crippen molar-refractivity contribution in [1.29, 1.82) is 0 Å². The van der Waals surface area contributed by atoms with E-state index in [0.717, 1.165) is 44.6 Å². The summed E-state index contributed by atoms with van der Waals surface area (Å²) in [5.41, 5.74) is 14.4. The van der Waals surface area contributed by atoms with Crippen molar-refractivity contribution in [2.45, 2.75) is 0 Å². The Morgan fingerprint density at radius 3 is 1.70 bits per heavy atom. The molecule has 0 amide bonds. The summed E-state index contributed by atoms with van der Waals surface area (Å²) in [4.78, 5) is 2.42. The molecule has 0 unspecified atom stereocenters. The van der Waals surface area contributed by atoms with Crippen molar-refractivity contribution in [3.8, 4) is 44.5 Å². The van der Waals surface area contributed by atoms with Gasteiger partial charge in [0, 0.05) is 36.8 Å². The van der Waals surface area contributed by atoms with Crippen LogP contribution in [0.1, 0.15) is 0 Å². The van der Waals surface area contributed by atoms with Crippen LogP contribution in [-0.2, 0) is 0 Å². The standard InChI is InChI=1S/C54H35NOS/c1-2-15-37(16-3-1)40-17-4-5-18-41(40)42-19-6-7-20-43(42)44-21-8-11-24-48(44)55(49-25-14-27-51-54(49)47-23-9-12-26-50(47)56-51)39-32-29-36(30-33-39)38-31-34-46-45-22-10-13-28-52(45)57-53(46)35-38/h1-35H. The Morgan fingerprint density at radius 2 is 0.895 bits per heavy atom. The summed E-state index contributed by atoms with van der Waals surface area (Å²) in [6.45, 7) is 0. The van der Waals surface area contributed by atoms with Crippen LogP contribution in [0.5, 0.6) is 0 Å². The molecule has 57 heavy (non-hydrogen) atoms. The van der Waals surface area contributed by atoms with Gasteiger partial charge < -0.3 is 9.32 Å². The van der Waals surface area contributed by atoms with E-state index in [9.17, 15) is 0 Å². The molecule has 0 spiro atoms. The summed E-state index contributed by atoms with van der Waals surface area (Å²) in [5, 5.41) is 4.81. The number of rotatable bonds is 7. The topological polar surface area (TPSA) is 16.4 Å². The fourth-order valence-corrected chi connectivity index (χ4v) is 9.64. The van der Waals surface area contributed by atoms with E-state index in [-0.39, 0.29) is 0 Å². The number of para-hydroxylation sites is 2. The monoisotopic (exact) mass is 745 g/mol. The highest BCUT2D eigenvalue weighted by Gasteiger charge is 2.23. The van der Waals surface area contributed by atoms with Crippen molar-refractivity contribution in [2.24, 2.45) is 0 Å². The maximum Gasteiger partial charge on any atom is 0.137 e. The summed E-state index contributed by atoms with van der Waals surface area (Å²) < 4.78 is 9.09. The second-order valence-corrected chi connectivity index (χ2v) is 15.5. The Balaban J connectivity index is 1.10. The molecule has 11 rings (SSSR count). The van der Waals surface area contributed by atoms with E-state index >= 15 is 0 Å². The van der Waals surface area contributed by atoms with E-state index in [1.165, 1.54) is 59.1 Å². The lowest BCUT2D eigenvalue weighted by Crippen LogP contribution is -2.11. The van der Waals surface area contributed by atoms with Crippen LogP contribution < -0.4 is 4.90 Å². The van der Waals surface area contributed by atoms with Crippen LogP contribution >= 0.6 is 11.3 Å². The summed E-state index contributed by atoms with van der Waals surface area (Å²) in [6.07, 6.45) is 0. The maximum absolute atomic E-state index is 6.47. The van der Waals surface area contributed by atoms with E-state index in [1.54, 1.807) is 0 Å². The number of fused-ring (bicyclic) bond motifs is 6. The van der Waals surface area contributed by atoms with Gasteiger partial charge >= 0.3 is 0 Å². The molecule has 0 fully saturated rings. The zero-order chi connectivity index (χ0) is 37.7. The molecule has 2 aromatic heterocycles. The third kappa shape index (κ3) is 5.71. The number of benzene rings is 9. The fraction of sp³-hybridized carbons (Fsp3) is 0. The van der Waals surface area contributed by atoms with Crippen LogP contribution in [0.2, 0.25) is 0 Å². The highest BCUT2D eigenvalue weighted by atomic mass is 32.1. The minimum Gasteiger partial charge on any atom is -0.456 e. The number of hydrogen-bond acceptors (Lipinski definition) is 3. The third-order valence-electron chi connectivity index (χ3n) is 11.1. The lowest BCUT2D eigenvalue weighted by Gasteiger charge is -2.29. The Hall–Kier alpha value is -7.20. The number of hydrogen-bond donors (Lipinski definition) is 0. The Morgan fingerprint density at radius 1 is 0.333 bits per heavy atom. The second-order valence-electron chi connectivity index (χ2n) is 14.4. The van der Waals surface area contributed by atoms with Gasteiger partial charge in [0.25, 0.3) is 0 Å². The van der Waals surface area contributed by atoms with Gasteiger partial charge in [-0.1, -0.05) is 164 Å². The zero-order valence-corrected chi connectivity index (χ0v) is 31.8. The van der Waals surface area contributed by atoms with E-state index in [4.69, 9.17) is 4.42 Å². The van der Waals surface area contributed by atoms with Crippen LogP contribution in [0.3, 0.4) is 0 Å². The molecule has 11 aromatic rings. The first-order valence-electron chi connectivity index (χ1n) is 19.3. The summed E-state index contributed by atoms with van der Waals surface area (Å²) >= 11 is 1.86. The molecular formula is C54H35NOS. The molecule has 2 heterocycles. The lowest BCUT2D eigenvalue weighted by molar-refractivity contribution is 0.669. The molecule has 3 heteroatoms. The van der Waals surface area contributed by atoms with Crippen LogP contribution in [0.15, 0.2) is 217 Å². The van der Waals surface area contributed by atoms with Crippen molar-refractivity contribution in [1.82, 2.24) is 0 Å². The molecule has 0 aliphatic heterocycles. The molecule has 0 radical (unpaired) electrons. The van der Waals surface area contributed by atoms with Gasteiger partial charge in [-0.05, 0) is 87.5 Å². The van der Waals surface area contributed by atoms with Crippen LogP contribution in [0, 0.1) is 0 Å². The quantitative estimate of drug-likeness (QED) is 0.162. The molecule has 0 bridgehead atoms.